The fourth-order valence-corrected chi connectivity index (χ4v) is 3.26. The highest BCUT2D eigenvalue weighted by Crippen LogP contribution is 2.30. The molecule has 1 amide bonds. The summed E-state index contributed by atoms with van der Waals surface area (Å²) in [5, 5.41) is 10.7. The lowest BCUT2D eigenvalue weighted by Gasteiger charge is -2.40. The molecule has 0 aromatic heterocycles. The van der Waals surface area contributed by atoms with E-state index in [0.29, 0.717) is 0 Å². The van der Waals surface area contributed by atoms with Crippen LogP contribution in [0, 0.1) is 5.92 Å². The summed E-state index contributed by atoms with van der Waals surface area (Å²) in [6.07, 6.45) is -0.944. The second-order valence-electron chi connectivity index (χ2n) is 4.85. The number of rotatable bonds is 2. The Balaban J connectivity index is 2.98. The van der Waals surface area contributed by atoms with Gasteiger partial charge in [0.15, 0.2) is 9.84 Å². The van der Waals surface area contributed by atoms with E-state index in [1.54, 1.807) is 20.8 Å². The molecule has 0 saturated carbocycles. The van der Waals surface area contributed by atoms with Crippen molar-refractivity contribution in [3.63, 3.8) is 0 Å². The van der Waals surface area contributed by atoms with Gasteiger partial charge in [-0.15, -0.1) is 0 Å². The molecule has 0 unspecified atom stereocenters. The van der Waals surface area contributed by atoms with E-state index in [2.05, 4.69) is 5.32 Å². The molecule has 15 heavy (non-hydrogen) atoms. The van der Waals surface area contributed by atoms with Crippen molar-refractivity contribution in [1.29, 1.82) is 0 Å². The van der Waals surface area contributed by atoms with Crippen LogP contribution in [-0.4, -0.2) is 35.7 Å². The highest BCUT2D eigenvalue weighted by atomic mass is 32.2. The molecule has 1 fully saturated rings. The molecular formula is C9H17NO4S. The van der Waals surface area contributed by atoms with E-state index in [4.69, 9.17) is 0 Å². The summed E-state index contributed by atoms with van der Waals surface area (Å²) in [6, 6.07) is 0. The van der Waals surface area contributed by atoms with Gasteiger partial charge in [-0.25, -0.2) is 8.42 Å². The van der Waals surface area contributed by atoms with E-state index in [1.807, 2.05) is 0 Å². The van der Waals surface area contributed by atoms with Crippen molar-refractivity contribution >= 4 is 15.7 Å². The summed E-state index contributed by atoms with van der Waals surface area (Å²) >= 11 is 0. The molecule has 1 saturated heterocycles. The van der Waals surface area contributed by atoms with Crippen molar-refractivity contribution in [2.45, 2.75) is 43.9 Å². The number of sulfone groups is 1. The second-order valence-corrected chi connectivity index (χ2v) is 7.68. The van der Waals surface area contributed by atoms with Gasteiger partial charge in [0.05, 0.1) is 16.8 Å². The van der Waals surface area contributed by atoms with Crippen molar-refractivity contribution in [3.8, 4) is 0 Å². The van der Waals surface area contributed by atoms with Gasteiger partial charge in [-0.3, -0.25) is 4.79 Å². The van der Waals surface area contributed by atoms with Crippen molar-refractivity contribution < 1.29 is 18.3 Å². The van der Waals surface area contributed by atoms with Crippen LogP contribution >= 0.6 is 0 Å². The number of aliphatic hydroxyl groups is 1. The molecule has 1 aliphatic heterocycles. The zero-order valence-electron chi connectivity index (χ0n) is 9.31. The lowest BCUT2D eigenvalue weighted by atomic mass is 9.96. The molecule has 3 atom stereocenters. The Hall–Kier alpha value is -0.620. The van der Waals surface area contributed by atoms with Gasteiger partial charge in [0.1, 0.15) is 5.37 Å². The fraction of sp³-hybridized carbons (Fsp3) is 0.889. The quantitative estimate of drug-likeness (QED) is 0.641. The van der Waals surface area contributed by atoms with E-state index >= 15 is 0 Å². The standard InChI is InChI=1S/C9H17NO4S/c1-5(11)6-7(12)10-8(6)15(13,14)9(2,3)4/h5-6,8,11H,1-4H3,(H,10,12)/t5-,6+,8-/m1/s1. The minimum atomic E-state index is -3.46. The second kappa shape index (κ2) is 3.45. The molecule has 5 nitrogen and oxygen atoms in total. The molecule has 1 heterocycles. The van der Waals surface area contributed by atoms with E-state index in [9.17, 15) is 18.3 Å². The van der Waals surface area contributed by atoms with E-state index in [-0.39, 0.29) is 0 Å². The van der Waals surface area contributed by atoms with Crippen LogP contribution in [0.4, 0.5) is 0 Å². The Labute approximate surface area is 89.8 Å². The van der Waals surface area contributed by atoms with Gasteiger partial charge in [0.25, 0.3) is 0 Å². The first-order valence-electron chi connectivity index (χ1n) is 4.81. The van der Waals surface area contributed by atoms with Crippen LogP contribution in [0.3, 0.4) is 0 Å². The van der Waals surface area contributed by atoms with Gasteiger partial charge in [-0.2, -0.15) is 0 Å². The van der Waals surface area contributed by atoms with Crippen LogP contribution in [0.5, 0.6) is 0 Å². The van der Waals surface area contributed by atoms with Gasteiger partial charge >= 0.3 is 0 Å². The zero-order chi connectivity index (χ0) is 12.0. The third kappa shape index (κ3) is 1.88. The number of carbonyl (C=O) groups is 1. The minimum absolute atomic E-state index is 0.400. The number of hydrogen-bond donors (Lipinski definition) is 2. The normalized spacial score (nSPS) is 29.3. The molecule has 1 rings (SSSR count). The summed E-state index contributed by atoms with van der Waals surface area (Å²) in [4.78, 5) is 11.1. The number of hydrogen-bond acceptors (Lipinski definition) is 4. The number of nitrogens with one attached hydrogen (secondary N) is 1. The van der Waals surface area contributed by atoms with Crippen LogP contribution in [0.2, 0.25) is 0 Å². The fourth-order valence-electron chi connectivity index (χ4n) is 1.49. The van der Waals surface area contributed by atoms with E-state index < -0.39 is 37.9 Å². The van der Waals surface area contributed by atoms with Crippen LogP contribution in [-0.2, 0) is 14.6 Å². The molecule has 1 aliphatic rings. The monoisotopic (exact) mass is 235 g/mol. The average Bonchev–Trinajstić information content (AvgIpc) is 1.95. The third-order valence-corrected chi connectivity index (χ3v) is 5.41. The Bertz CT molecular complexity index is 366. The molecule has 0 bridgehead atoms. The number of carbonyl (C=O) groups excluding carboxylic acids is 1. The largest absolute Gasteiger partial charge is 0.392 e. The smallest absolute Gasteiger partial charge is 0.229 e. The van der Waals surface area contributed by atoms with E-state index in [1.165, 1.54) is 6.92 Å². The highest BCUT2D eigenvalue weighted by molar-refractivity contribution is 7.93. The maximum Gasteiger partial charge on any atom is 0.229 e. The van der Waals surface area contributed by atoms with Crippen molar-refractivity contribution in [1.82, 2.24) is 5.32 Å². The summed E-state index contributed by atoms with van der Waals surface area (Å²) < 4.78 is 23.0. The molecule has 0 radical (unpaired) electrons. The summed E-state index contributed by atoms with van der Waals surface area (Å²) in [5.74, 6) is -1.24. The topological polar surface area (TPSA) is 83.5 Å². The predicted octanol–water partition coefficient (Wildman–Crippen LogP) is -0.347. The molecular weight excluding hydrogens is 218 g/mol. The van der Waals surface area contributed by atoms with Crippen LogP contribution in [0.1, 0.15) is 27.7 Å². The predicted molar refractivity (Wildman–Crippen MR) is 55.8 cm³/mol. The van der Waals surface area contributed by atoms with Crippen LogP contribution in [0.25, 0.3) is 0 Å². The van der Waals surface area contributed by atoms with Gasteiger partial charge in [0, 0.05) is 0 Å². The van der Waals surface area contributed by atoms with Gasteiger partial charge in [-0.05, 0) is 27.7 Å². The first kappa shape index (κ1) is 12.4. The van der Waals surface area contributed by atoms with E-state index in [0.717, 1.165) is 0 Å². The first-order chi connectivity index (χ1) is 6.59. The number of amides is 1. The maximum atomic E-state index is 12.0. The SMILES string of the molecule is C[C@@H](O)[C@H]1C(=O)N[C@@H]1S(=O)(=O)C(C)(C)C. The lowest BCUT2D eigenvalue weighted by molar-refractivity contribution is -0.137. The van der Waals surface area contributed by atoms with Crippen molar-refractivity contribution in [2.24, 2.45) is 5.92 Å². The molecule has 2 N–H and O–H groups in total. The molecule has 0 aromatic rings. The minimum Gasteiger partial charge on any atom is -0.392 e. The molecule has 0 aliphatic carbocycles. The van der Waals surface area contributed by atoms with Crippen LogP contribution in [0.15, 0.2) is 0 Å². The Morgan fingerprint density at radius 2 is 1.87 bits per heavy atom. The maximum absolute atomic E-state index is 12.0. The Morgan fingerprint density at radius 1 is 1.40 bits per heavy atom. The van der Waals surface area contributed by atoms with Gasteiger partial charge < -0.3 is 10.4 Å². The average molecular weight is 235 g/mol. The van der Waals surface area contributed by atoms with Crippen molar-refractivity contribution in [2.75, 3.05) is 0 Å². The van der Waals surface area contributed by atoms with Crippen LogP contribution < -0.4 is 5.32 Å². The Morgan fingerprint density at radius 3 is 2.13 bits per heavy atom. The summed E-state index contributed by atoms with van der Waals surface area (Å²) in [7, 11) is -3.46. The van der Waals surface area contributed by atoms with Gasteiger partial charge in [0.2, 0.25) is 5.91 Å². The van der Waals surface area contributed by atoms with Gasteiger partial charge in [-0.1, -0.05) is 0 Å². The number of aliphatic hydroxyl groups excluding tert-OH is 1. The lowest BCUT2D eigenvalue weighted by Crippen LogP contribution is -2.67. The highest BCUT2D eigenvalue weighted by Gasteiger charge is 2.53. The zero-order valence-corrected chi connectivity index (χ0v) is 10.1. The molecule has 0 spiro atoms. The first-order valence-corrected chi connectivity index (χ1v) is 6.35. The molecule has 6 heteroatoms. The number of β-lactam (4-membered cyclic amide) rings is 1. The summed E-state index contributed by atoms with van der Waals surface area (Å²) in [5.41, 5.74) is 0. The van der Waals surface area contributed by atoms with Crippen molar-refractivity contribution in [3.05, 3.63) is 0 Å². The molecule has 0 aromatic carbocycles. The summed E-state index contributed by atoms with van der Waals surface area (Å²) in [6.45, 7) is 6.15. The Kier molecular flexibility index (Phi) is 2.86. The third-order valence-electron chi connectivity index (χ3n) is 2.62. The molecule has 88 valence electrons.